The van der Waals surface area contributed by atoms with Gasteiger partial charge in [0.15, 0.2) is 0 Å². The lowest BCUT2D eigenvalue weighted by molar-refractivity contribution is 0.102. The topological polar surface area (TPSA) is 67.8 Å². The Balaban J connectivity index is 2.07. The minimum Gasteiger partial charge on any atom is -0.296 e. The van der Waals surface area contributed by atoms with Gasteiger partial charge in [-0.2, -0.15) is 0 Å². The summed E-state index contributed by atoms with van der Waals surface area (Å²) in [5.74, 6) is 0.373. The van der Waals surface area contributed by atoms with Crippen molar-refractivity contribution in [3.8, 4) is 0 Å². The van der Waals surface area contributed by atoms with Crippen molar-refractivity contribution < 1.29 is 4.79 Å². The van der Waals surface area contributed by atoms with Crippen molar-refractivity contribution in [2.24, 2.45) is 5.92 Å². The normalized spacial score (nSPS) is 11.0. The van der Waals surface area contributed by atoms with Crippen molar-refractivity contribution in [2.75, 3.05) is 5.32 Å². The van der Waals surface area contributed by atoms with Gasteiger partial charge in [-0.15, -0.1) is 21.5 Å². The molecule has 0 bridgehead atoms. The molecule has 0 unspecified atom stereocenters. The molecular formula is C12H16N4OS2. The van der Waals surface area contributed by atoms with Crippen molar-refractivity contribution in [1.29, 1.82) is 0 Å². The van der Waals surface area contributed by atoms with Crippen LogP contribution in [0.4, 0.5) is 5.13 Å². The number of rotatable bonds is 4. The molecule has 1 amide bonds. The zero-order valence-corrected chi connectivity index (χ0v) is 13.0. The number of anilines is 1. The Morgan fingerprint density at radius 1 is 1.26 bits per heavy atom. The fourth-order valence-corrected chi connectivity index (χ4v) is 3.39. The zero-order valence-electron chi connectivity index (χ0n) is 11.4. The Labute approximate surface area is 120 Å². The molecule has 2 rings (SSSR count). The number of carbonyl (C=O) groups excluding carboxylic acids is 1. The second-order valence-corrected chi connectivity index (χ2v) is 6.97. The maximum Gasteiger partial charge on any atom is 0.269 e. The van der Waals surface area contributed by atoms with E-state index in [1.165, 1.54) is 22.7 Å². The predicted molar refractivity (Wildman–Crippen MR) is 78.0 cm³/mol. The largest absolute Gasteiger partial charge is 0.296 e. The molecule has 0 aliphatic heterocycles. The van der Waals surface area contributed by atoms with E-state index >= 15 is 0 Å². The highest BCUT2D eigenvalue weighted by Gasteiger charge is 2.16. The van der Waals surface area contributed by atoms with Gasteiger partial charge in [0.05, 0.1) is 10.7 Å². The average molecular weight is 296 g/mol. The molecule has 0 fully saturated rings. The fraction of sp³-hybridized carbons (Fsp3) is 0.500. The summed E-state index contributed by atoms with van der Waals surface area (Å²) in [4.78, 5) is 17.0. The maximum absolute atomic E-state index is 12.1. The summed E-state index contributed by atoms with van der Waals surface area (Å²) in [7, 11) is 0. The Morgan fingerprint density at radius 2 is 2.00 bits per heavy atom. The molecule has 0 atom stereocenters. The molecule has 0 spiro atoms. The van der Waals surface area contributed by atoms with E-state index < -0.39 is 0 Å². The van der Waals surface area contributed by atoms with Crippen LogP contribution in [-0.2, 0) is 6.42 Å². The van der Waals surface area contributed by atoms with Crippen LogP contribution in [-0.4, -0.2) is 21.1 Å². The summed E-state index contributed by atoms with van der Waals surface area (Å²) < 4.78 is 0. The van der Waals surface area contributed by atoms with Crippen molar-refractivity contribution in [2.45, 2.75) is 34.1 Å². The number of carbonyl (C=O) groups is 1. The lowest BCUT2D eigenvalue weighted by atomic mass is 10.1. The van der Waals surface area contributed by atoms with E-state index in [-0.39, 0.29) is 5.91 Å². The molecular weight excluding hydrogens is 280 g/mol. The lowest BCUT2D eigenvalue weighted by Crippen LogP contribution is -2.11. The molecule has 2 aromatic heterocycles. The van der Waals surface area contributed by atoms with Crippen molar-refractivity contribution >= 4 is 33.7 Å². The number of hydrogen-bond acceptors (Lipinski definition) is 6. The number of aromatic nitrogens is 3. The van der Waals surface area contributed by atoms with Crippen molar-refractivity contribution in [1.82, 2.24) is 15.2 Å². The monoisotopic (exact) mass is 296 g/mol. The van der Waals surface area contributed by atoms with Gasteiger partial charge in [0.1, 0.15) is 9.88 Å². The molecule has 2 aromatic rings. The highest BCUT2D eigenvalue weighted by molar-refractivity contribution is 7.16. The van der Waals surface area contributed by atoms with Gasteiger partial charge in [-0.05, 0) is 19.8 Å². The van der Waals surface area contributed by atoms with Crippen LogP contribution in [0.1, 0.15) is 39.2 Å². The Hall–Kier alpha value is -1.34. The molecule has 7 heteroatoms. The second kappa shape index (κ2) is 5.75. The van der Waals surface area contributed by atoms with Gasteiger partial charge in [0, 0.05) is 6.42 Å². The standard InChI is InChI=1S/C12H16N4OS2/c1-6(2)5-9-15-16-12(19-9)14-11(17)10-7(3)13-8(4)18-10/h6H,5H2,1-4H3,(H,14,16,17). The van der Waals surface area contributed by atoms with E-state index in [1.807, 2.05) is 13.8 Å². The van der Waals surface area contributed by atoms with E-state index in [1.54, 1.807) is 0 Å². The fourth-order valence-electron chi connectivity index (χ4n) is 1.63. The van der Waals surface area contributed by atoms with Gasteiger partial charge in [-0.3, -0.25) is 10.1 Å². The Morgan fingerprint density at radius 3 is 2.58 bits per heavy atom. The molecule has 0 radical (unpaired) electrons. The molecule has 0 saturated heterocycles. The summed E-state index contributed by atoms with van der Waals surface area (Å²) in [6, 6.07) is 0. The first-order valence-electron chi connectivity index (χ1n) is 6.03. The first kappa shape index (κ1) is 14.1. The first-order chi connectivity index (χ1) is 8.95. The molecule has 0 aliphatic rings. The minimum atomic E-state index is -0.157. The highest BCUT2D eigenvalue weighted by Crippen LogP contribution is 2.22. The second-order valence-electron chi connectivity index (χ2n) is 4.70. The number of nitrogens with one attached hydrogen (secondary N) is 1. The van der Waals surface area contributed by atoms with Gasteiger partial charge < -0.3 is 0 Å². The molecule has 19 heavy (non-hydrogen) atoms. The number of amides is 1. The third-order valence-corrected chi connectivity index (χ3v) is 4.31. The van der Waals surface area contributed by atoms with Gasteiger partial charge in [-0.25, -0.2) is 4.98 Å². The summed E-state index contributed by atoms with van der Waals surface area (Å²) >= 11 is 2.82. The Kier molecular flexibility index (Phi) is 4.26. The van der Waals surface area contributed by atoms with Crippen LogP contribution in [0.3, 0.4) is 0 Å². The van der Waals surface area contributed by atoms with Crippen LogP contribution in [0.2, 0.25) is 0 Å². The van der Waals surface area contributed by atoms with Crippen LogP contribution >= 0.6 is 22.7 Å². The first-order valence-corrected chi connectivity index (χ1v) is 7.66. The average Bonchev–Trinajstić information content (AvgIpc) is 2.84. The van der Waals surface area contributed by atoms with Crippen LogP contribution in [0.25, 0.3) is 0 Å². The van der Waals surface area contributed by atoms with Crippen molar-refractivity contribution in [3.63, 3.8) is 0 Å². The predicted octanol–water partition coefficient (Wildman–Crippen LogP) is 3.06. The summed E-state index contributed by atoms with van der Waals surface area (Å²) in [6.07, 6.45) is 0.881. The number of hydrogen-bond donors (Lipinski definition) is 1. The third-order valence-electron chi connectivity index (χ3n) is 2.38. The van der Waals surface area contributed by atoms with Gasteiger partial charge in [-0.1, -0.05) is 25.2 Å². The smallest absolute Gasteiger partial charge is 0.269 e. The van der Waals surface area contributed by atoms with Crippen LogP contribution < -0.4 is 5.32 Å². The molecule has 2 heterocycles. The summed E-state index contributed by atoms with van der Waals surface area (Å²) in [6.45, 7) is 7.98. The maximum atomic E-state index is 12.1. The Bertz CT molecular complexity index is 588. The third kappa shape index (κ3) is 3.57. The van der Waals surface area contributed by atoms with Gasteiger partial charge in [0.2, 0.25) is 5.13 Å². The molecule has 0 saturated carbocycles. The quantitative estimate of drug-likeness (QED) is 0.941. The molecule has 5 nitrogen and oxygen atoms in total. The number of aryl methyl sites for hydroxylation is 2. The van der Waals surface area contributed by atoms with E-state index in [9.17, 15) is 4.79 Å². The lowest BCUT2D eigenvalue weighted by Gasteiger charge is -1.99. The minimum absolute atomic E-state index is 0.157. The molecule has 1 N–H and O–H groups in total. The number of thiazole rings is 1. The number of nitrogens with zero attached hydrogens (tertiary/aromatic N) is 3. The van der Waals surface area contributed by atoms with Crippen LogP contribution in [0.15, 0.2) is 0 Å². The SMILES string of the molecule is Cc1nc(C)c(C(=O)Nc2nnc(CC(C)C)s2)s1. The van der Waals surface area contributed by atoms with Gasteiger partial charge >= 0.3 is 0 Å². The summed E-state index contributed by atoms with van der Waals surface area (Å²) in [5.41, 5.74) is 0.756. The summed E-state index contributed by atoms with van der Waals surface area (Å²) in [5, 5.41) is 13.2. The van der Waals surface area contributed by atoms with Crippen LogP contribution in [0.5, 0.6) is 0 Å². The molecule has 102 valence electrons. The van der Waals surface area contributed by atoms with E-state index in [0.29, 0.717) is 15.9 Å². The van der Waals surface area contributed by atoms with E-state index in [0.717, 1.165) is 22.1 Å². The van der Waals surface area contributed by atoms with Crippen molar-refractivity contribution in [3.05, 3.63) is 20.6 Å². The van der Waals surface area contributed by atoms with E-state index in [4.69, 9.17) is 0 Å². The highest BCUT2D eigenvalue weighted by atomic mass is 32.1. The zero-order chi connectivity index (χ0) is 14.0. The molecule has 0 aromatic carbocycles. The molecule has 0 aliphatic carbocycles. The van der Waals surface area contributed by atoms with Crippen LogP contribution in [0, 0.1) is 19.8 Å². The van der Waals surface area contributed by atoms with E-state index in [2.05, 4.69) is 34.3 Å². The van der Waals surface area contributed by atoms with Gasteiger partial charge in [0.25, 0.3) is 5.91 Å².